The Balaban J connectivity index is 1.72. The molecule has 94 valence electrons. The van der Waals surface area contributed by atoms with Crippen molar-refractivity contribution in [2.24, 2.45) is 5.10 Å². The first-order chi connectivity index (χ1) is 9.31. The van der Waals surface area contributed by atoms with Crippen molar-refractivity contribution in [3.05, 3.63) is 53.3 Å². The lowest BCUT2D eigenvalue weighted by molar-refractivity contribution is 0.925. The minimum absolute atomic E-state index is 0.609. The van der Waals surface area contributed by atoms with Gasteiger partial charge in [0.15, 0.2) is 11.5 Å². The highest BCUT2D eigenvalue weighted by Gasteiger charge is 1.97. The Morgan fingerprint density at radius 3 is 2.84 bits per heavy atom. The van der Waals surface area contributed by atoms with E-state index in [2.05, 4.69) is 25.8 Å². The van der Waals surface area contributed by atoms with Crippen LogP contribution in [0.4, 0.5) is 5.82 Å². The lowest BCUT2D eigenvalue weighted by atomic mass is 10.2. The molecule has 2 aromatic heterocycles. The SMILES string of the molecule is Clc1ccc(C=NNc2ccc3nncn3n2)cc1. The number of aromatic nitrogens is 4. The minimum atomic E-state index is 0.609. The first kappa shape index (κ1) is 11.6. The topological polar surface area (TPSA) is 67.5 Å². The molecule has 2 heterocycles. The molecule has 0 aliphatic rings. The Kier molecular flexibility index (Phi) is 3.07. The van der Waals surface area contributed by atoms with Crippen LogP contribution in [-0.4, -0.2) is 26.0 Å². The van der Waals surface area contributed by atoms with Crippen LogP contribution in [0, 0.1) is 0 Å². The summed E-state index contributed by atoms with van der Waals surface area (Å²) in [4.78, 5) is 0. The summed E-state index contributed by atoms with van der Waals surface area (Å²) >= 11 is 5.80. The predicted octanol–water partition coefficient (Wildman–Crippen LogP) is 2.22. The van der Waals surface area contributed by atoms with E-state index in [1.165, 1.54) is 6.33 Å². The molecule has 19 heavy (non-hydrogen) atoms. The van der Waals surface area contributed by atoms with E-state index in [1.54, 1.807) is 22.9 Å². The zero-order valence-corrected chi connectivity index (χ0v) is 10.5. The molecule has 7 heteroatoms. The number of halogens is 1. The molecule has 0 aliphatic carbocycles. The summed E-state index contributed by atoms with van der Waals surface area (Å²) in [6.45, 7) is 0. The number of anilines is 1. The first-order valence-corrected chi connectivity index (χ1v) is 5.91. The van der Waals surface area contributed by atoms with Crippen molar-refractivity contribution < 1.29 is 0 Å². The highest BCUT2D eigenvalue weighted by Crippen LogP contribution is 2.08. The maximum Gasteiger partial charge on any atom is 0.177 e. The lowest BCUT2D eigenvalue weighted by Crippen LogP contribution is -1.98. The summed E-state index contributed by atoms with van der Waals surface area (Å²) in [5.41, 5.74) is 4.47. The molecule has 0 spiro atoms. The number of nitrogens with one attached hydrogen (secondary N) is 1. The van der Waals surface area contributed by atoms with Crippen LogP contribution in [0.15, 0.2) is 47.8 Å². The second-order valence-corrected chi connectivity index (χ2v) is 4.21. The smallest absolute Gasteiger partial charge is 0.177 e. The monoisotopic (exact) mass is 272 g/mol. The minimum Gasteiger partial charge on any atom is -0.260 e. The molecule has 0 radical (unpaired) electrons. The number of hydrogen-bond acceptors (Lipinski definition) is 5. The molecule has 0 amide bonds. The van der Waals surface area contributed by atoms with Gasteiger partial charge in [-0.3, -0.25) is 5.43 Å². The van der Waals surface area contributed by atoms with E-state index < -0.39 is 0 Å². The summed E-state index contributed by atoms with van der Waals surface area (Å²) in [6, 6.07) is 11.0. The molecule has 0 saturated carbocycles. The van der Waals surface area contributed by atoms with Gasteiger partial charge in [0, 0.05) is 5.02 Å². The van der Waals surface area contributed by atoms with Crippen LogP contribution in [0.5, 0.6) is 0 Å². The van der Waals surface area contributed by atoms with Gasteiger partial charge >= 0.3 is 0 Å². The third-order valence-electron chi connectivity index (χ3n) is 2.42. The molecule has 1 aromatic carbocycles. The van der Waals surface area contributed by atoms with Gasteiger partial charge < -0.3 is 0 Å². The van der Waals surface area contributed by atoms with Crippen LogP contribution in [0.2, 0.25) is 5.02 Å². The van der Waals surface area contributed by atoms with Crippen molar-refractivity contribution in [3.8, 4) is 0 Å². The van der Waals surface area contributed by atoms with Gasteiger partial charge in [-0.25, -0.2) is 0 Å². The molecule has 0 unspecified atom stereocenters. The van der Waals surface area contributed by atoms with Crippen molar-refractivity contribution in [2.75, 3.05) is 5.43 Å². The van der Waals surface area contributed by atoms with Crippen LogP contribution in [0.25, 0.3) is 5.65 Å². The number of hydrazone groups is 1. The van der Waals surface area contributed by atoms with Crippen LogP contribution in [-0.2, 0) is 0 Å². The third-order valence-corrected chi connectivity index (χ3v) is 2.68. The zero-order valence-electron chi connectivity index (χ0n) is 9.73. The Hall–Kier alpha value is -2.47. The van der Waals surface area contributed by atoms with Crippen LogP contribution in [0.1, 0.15) is 5.56 Å². The molecule has 0 saturated heterocycles. The largest absolute Gasteiger partial charge is 0.260 e. The molecular formula is C12H9ClN6. The normalized spacial score (nSPS) is 11.2. The second-order valence-electron chi connectivity index (χ2n) is 3.77. The van der Waals surface area contributed by atoms with Gasteiger partial charge in [-0.2, -0.15) is 9.62 Å². The Labute approximate surface area is 113 Å². The maximum absolute atomic E-state index is 5.80. The van der Waals surface area contributed by atoms with Crippen molar-refractivity contribution in [1.82, 2.24) is 19.8 Å². The molecule has 3 rings (SSSR count). The summed E-state index contributed by atoms with van der Waals surface area (Å²) in [7, 11) is 0. The van der Waals surface area contributed by atoms with Crippen LogP contribution < -0.4 is 5.43 Å². The fraction of sp³-hybridized carbons (Fsp3) is 0. The molecule has 1 N–H and O–H groups in total. The maximum atomic E-state index is 5.80. The molecule has 0 atom stereocenters. The number of nitrogens with zero attached hydrogens (tertiary/aromatic N) is 5. The number of benzene rings is 1. The summed E-state index contributed by atoms with van der Waals surface area (Å²) in [5.74, 6) is 0.609. The van der Waals surface area contributed by atoms with E-state index in [9.17, 15) is 0 Å². The number of rotatable bonds is 3. The van der Waals surface area contributed by atoms with Gasteiger partial charge in [-0.05, 0) is 29.8 Å². The molecule has 0 aliphatic heterocycles. The molecule has 0 bridgehead atoms. The quantitative estimate of drug-likeness (QED) is 0.586. The molecule has 6 nitrogen and oxygen atoms in total. The zero-order chi connectivity index (χ0) is 13.1. The molecule has 3 aromatic rings. The van der Waals surface area contributed by atoms with Gasteiger partial charge in [-0.15, -0.1) is 15.3 Å². The fourth-order valence-electron chi connectivity index (χ4n) is 1.51. The van der Waals surface area contributed by atoms with Crippen molar-refractivity contribution >= 4 is 29.3 Å². The number of hydrogen-bond donors (Lipinski definition) is 1. The highest BCUT2D eigenvalue weighted by atomic mass is 35.5. The highest BCUT2D eigenvalue weighted by molar-refractivity contribution is 6.30. The Morgan fingerprint density at radius 2 is 2.00 bits per heavy atom. The number of fused-ring (bicyclic) bond motifs is 1. The molecular weight excluding hydrogens is 264 g/mol. The van der Waals surface area contributed by atoms with Crippen LogP contribution in [0.3, 0.4) is 0 Å². The third kappa shape index (κ3) is 2.69. The van der Waals surface area contributed by atoms with E-state index in [-0.39, 0.29) is 0 Å². The van der Waals surface area contributed by atoms with E-state index in [4.69, 9.17) is 11.6 Å². The summed E-state index contributed by atoms with van der Waals surface area (Å²) in [5, 5.41) is 16.6. The second kappa shape index (κ2) is 5.03. The van der Waals surface area contributed by atoms with Crippen molar-refractivity contribution in [3.63, 3.8) is 0 Å². The summed E-state index contributed by atoms with van der Waals surface area (Å²) in [6.07, 6.45) is 3.22. The standard InChI is InChI=1S/C12H9ClN6/c13-10-3-1-9(2-4-10)7-14-16-11-5-6-12-17-15-8-19(12)18-11/h1-8H,(H,16,18). The van der Waals surface area contributed by atoms with Gasteiger partial charge in [0.05, 0.1) is 6.21 Å². The average molecular weight is 273 g/mol. The van der Waals surface area contributed by atoms with Gasteiger partial charge in [-0.1, -0.05) is 23.7 Å². The lowest BCUT2D eigenvalue weighted by Gasteiger charge is -1.99. The van der Waals surface area contributed by atoms with Crippen molar-refractivity contribution in [1.29, 1.82) is 0 Å². The molecule has 0 fully saturated rings. The average Bonchev–Trinajstić information content (AvgIpc) is 2.88. The van der Waals surface area contributed by atoms with Gasteiger partial charge in [0.25, 0.3) is 0 Å². The Morgan fingerprint density at radius 1 is 1.16 bits per heavy atom. The first-order valence-electron chi connectivity index (χ1n) is 5.53. The van der Waals surface area contributed by atoms with Gasteiger partial charge in [0.2, 0.25) is 0 Å². The Bertz CT molecular complexity index is 718. The van der Waals surface area contributed by atoms with E-state index in [0.29, 0.717) is 16.5 Å². The van der Waals surface area contributed by atoms with Gasteiger partial charge in [0.1, 0.15) is 6.33 Å². The fourth-order valence-corrected chi connectivity index (χ4v) is 1.64. The summed E-state index contributed by atoms with van der Waals surface area (Å²) < 4.78 is 1.57. The van der Waals surface area contributed by atoms with E-state index in [0.717, 1.165) is 5.56 Å². The van der Waals surface area contributed by atoms with Crippen LogP contribution >= 0.6 is 11.6 Å². The van der Waals surface area contributed by atoms with Crippen molar-refractivity contribution in [2.45, 2.75) is 0 Å². The van der Waals surface area contributed by atoms with E-state index >= 15 is 0 Å². The predicted molar refractivity (Wildman–Crippen MR) is 73.5 cm³/mol. The van der Waals surface area contributed by atoms with E-state index in [1.807, 2.05) is 24.3 Å².